The summed E-state index contributed by atoms with van der Waals surface area (Å²) < 4.78 is 19.3. The highest BCUT2D eigenvalue weighted by Gasteiger charge is 2.43. The summed E-state index contributed by atoms with van der Waals surface area (Å²) in [7, 11) is 1.58. The second-order valence-corrected chi connectivity index (χ2v) is 7.72. The molecule has 1 N–H and O–H groups in total. The largest absolute Gasteiger partial charge is 0.383 e. The Morgan fingerprint density at radius 2 is 1.69 bits per heavy atom. The van der Waals surface area contributed by atoms with Crippen LogP contribution in [0.4, 0.5) is 4.39 Å². The van der Waals surface area contributed by atoms with Crippen molar-refractivity contribution in [2.45, 2.75) is 18.5 Å². The van der Waals surface area contributed by atoms with Gasteiger partial charge in [0.2, 0.25) is 5.91 Å². The van der Waals surface area contributed by atoms with Crippen molar-refractivity contribution in [2.75, 3.05) is 20.3 Å². The molecular weight excluding hydrogens is 407 g/mol. The number of benzene rings is 3. The first-order valence-electron chi connectivity index (χ1n) is 10.6. The van der Waals surface area contributed by atoms with Crippen LogP contribution in [0.3, 0.4) is 0 Å². The maximum atomic E-state index is 14.1. The number of carbonyl (C=O) groups is 2. The Hall–Kier alpha value is -3.51. The average Bonchev–Trinajstić information content (AvgIpc) is 2.83. The second kappa shape index (κ2) is 9.75. The van der Waals surface area contributed by atoms with Crippen LogP contribution in [-0.4, -0.2) is 37.0 Å². The molecule has 1 heterocycles. The quantitative estimate of drug-likeness (QED) is 0.612. The Bertz CT molecular complexity index is 1100. The van der Waals surface area contributed by atoms with Crippen LogP contribution in [0.25, 0.3) is 0 Å². The number of nitrogens with zero attached hydrogens (tertiary/aromatic N) is 1. The Balaban J connectivity index is 1.74. The molecule has 2 atom stereocenters. The van der Waals surface area contributed by atoms with Gasteiger partial charge in [0, 0.05) is 31.3 Å². The summed E-state index contributed by atoms with van der Waals surface area (Å²) in [6, 6.07) is 22.6. The molecule has 0 bridgehead atoms. The standard InChI is InChI=1S/C26H25FN2O3/c1-32-16-15-29-24(18-9-3-2-4-10-18)23(20-12-6-7-13-21(20)26(29)31)25(30)28-17-19-11-5-8-14-22(19)27/h2-14,23-24H,15-17H2,1H3,(H,28,30)/t23-,24+/m0/s1. The van der Waals surface area contributed by atoms with E-state index in [-0.39, 0.29) is 24.2 Å². The molecule has 0 fully saturated rings. The highest BCUT2D eigenvalue weighted by molar-refractivity contribution is 6.01. The van der Waals surface area contributed by atoms with Gasteiger partial charge >= 0.3 is 0 Å². The molecular formula is C26H25FN2O3. The molecule has 6 heteroatoms. The van der Waals surface area contributed by atoms with Crippen molar-refractivity contribution in [2.24, 2.45) is 0 Å². The summed E-state index contributed by atoms with van der Waals surface area (Å²) in [5.41, 5.74) is 2.44. The predicted octanol–water partition coefficient (Wildman–Crippen LogP) is 4.07. The average molecular weight is 432 g/mol. The fourth-order valence-electron chi connectivity index (χ4n) is 4.27. The zero-order valence-corrected chi connectivity index (χ0v) is 17.8. The molecule has 0 spiro atoms. The minimum atomic E-state index is -0.644. The predicted molar refractivity (Wildman–Crippen MR) is 120 cm³/mol. The summed E-state index contributed by atoms with van der Waals surface area (Å²) in [5, 5.41) is 2.89. The van der Waals surface area contributed by atoms with Crippen molar-refractivity contribution in [1.82, 2.24) is 10.2 Å². The molecule has 1 aliphatic heterocycles. The van der Waals surface area contributed by atoms with E-state index in [1.54, 1.807) is 42.3 Å². The van der Waals surface area contributed by atoms with E-state index in [2.05, 4.69) is 5.32 Å². The van der Waals surface area contributed by atoms with Gasteiger partial charge in [0.05, 0.1) is 18.6 Å². The Morgan fingerprint density at radius 3 is 2.44 bits per heavy atom. The van der Waals surface area contributed by atoms with Crippen LogP contribution in [0.2, 0.25) is 0 Å². The first-order valence-corrected chi connectivity index (χ1v) is 10.6. The first kappa shape index (κ1) is 21.7. The van der Waals surface area contributed by atoms with Crippen molar-refractivity contribution >= 4 is 11.8 Å². The van der Waals surface area contributed by atoms with Crippen LogP contribution in [0, 0.1) is 5.82 Å². The van der Waals surface area contributed by atoms with E-state index in [0.29, 0.717) is 29.8 Å². The maximum Gasteiger partial charge on any atom is 0.254 e. The molecule has 0 aromatic heterocycles. The number of carbonyl (C=O) groups excluding carboxylic acids is 2. The fraction of sp³-hybridized carbons (Fsp3) is 0.231. The van der Waals surface area contributed by atoms with Gasteiger partial charge in [0.25, 0.3) is 5.91 Å². The van der Waals surface area contributed by atoms with E-state index < -0.39 is 12.0 Å². The third kappa shape index (κ3) is 4.27. The summed E-state index contributed by atoms with van der Waals surface area (Å²) >= 11 is 0. The third-order valence-electron chi connectivity index (χ3n) is 5.81. The number of ether oxygens (including phenoxy) is 1. The molecule has 0 saturated heterocycles. The van der Waals surface area contributed by atoms with E-state index >= 15 is 0 Å². The monoisotopic (exact) mass is 432 g/mol. The highest BCUT2D eigenvalue weighted by atomic mass is 19.1. The van der Waals surface area contributed by atoms with Crippen LogP contribution >= 0.6 is 0 Å². The van der Waals surface area contributed by atoms with Crippen LogP contribution < -0.4 is 5.32 Å². The molecule has 32 heavy (non-hydrogen) atoms. The fourth-order valence-corrected chi connectivity index (χ4v) is 4.27. The van der Waals surface area contributed by atoms with Gasteiger partial charge in [-0.15, -0.1) is 0 Å². The van der Waals surface area contributed by atoms with Crippen LogP contribution in [0.15, 0.2) is 78.9 Å². The number of hydrogen-bond donors (Lipinski definition) is 1. The van der Waals surface area contributed by atoms with Gasteiger partial charge in [-0.3, -0.25) is 9.59 Å². The van der Waals surface area contributed by atoms with Crippen molar-refractivity contribution in [1.29, 1.82) is 0 Å². The normalized spacial score (nSPS) is 17.7. The molecule has 1 aliphatic rings. The first-order chi connectivity index (χ1) is 15.6. The number of methoxy groups -OCH3 is 1. The molecule has 4 rings (SSSR count). The van der Waals surface area contributed by atoms with E-state index in [4.69, 9.17) is 4.74 Å². The van der Waals surface area contributed by atoms with Crippen molar-refractivity contribution in [3.05, 3.63) is 107 Å². The van der Waals surface area contributed by atoms with Crippen molar-refractivity contribution in [3.63, 3.8) is 0 Å². The molecule has 3 aromatic carbocycles. The van der Waals surface area contributed by atoms with Gasteiger partial charge in [0.15, 0.2) is 0 Å². The van der Waals surface area contributed by atoms with Gasteiger partial charge in [-0.05, 0) is 23.3 Å². The minimum absolute atomic E-state index is 0.0672. The van der Waals surface area contributed by atoms with E-state index in [1.807, 2.05) is 42.5 Å². The van der Waals surface area contributed by atoms with E-state index in [9.17, 15) is 14.0 Å². The lowest BCUT2D eigenvalue weighted by Crippen LogP contribution is -2.48. The Morgan fingerprint density at radius 1 is 1.00 bits per heavy atom. The van der Waals surface area contributed by atoms with E-state index in [0.717, 1.165) is 5.56 Å². The van der Waals surface area contributed by atoms with Gasteiger partial charge < -0.3 is 15.0 Å². The zero-order chi connectivity index (χ0) is 22.5. The van der Waals surface area contributed by atoms with Gasteiger partial charge in [-0.25, -0.2) is 4.39 Å². The molecule has 0 aliphatic carbocycles. The highest BCUT2D eigenvalue weighted by Crippen LogP contribution is 2.42. The number of fused-ring (bicyclic) bond motifs is 1. The molecule has 5 nitrogen and oxygen atoms in total. The SMILES string of the molecule is COCCN1C(=O)c2ccccc2[C@H](C(=O)NCc2ccccc2F)[C@H]1c1ccccc1. The Labute approximate surface area is 186 Å². The lowest BCUT2D eigenvalue weighted by molar-refractivity contribution is -0.124. The Kier molecular flexibility index (Phi) is 6.61. The number of rotatable bonds is 7. The van der Waals surface area contributed by atoms with Crippen LogP contribution in [-0.2, 0) is 16.1 Å². The lowest BCUT2D eigenvalue weighted by atomic mass is 9.79. The van der Waals surface area contributed by atoms with Crippen LogP contribution in [0.1, 0.15) is 39.0 Å². The number of nitrogens with one attached hydrogen (secondary N) is 1. The summed E-state index contributed by atoms with van der Waals surface area (Å²) in [5.74, 6) is -1.41. The molecule has 3 aromatic rings. The summed E-state index contributed by atoms with van der Waals surface area (Å²) in [6.07, 6.45) is 0. The topological polar surface area (TPSA) is 58.6 Å². The summed E-state index contributed by atoms with van der Waals surface area (Å²) in [6.45, 7) is 0.763. The molecule has 0 saturated carbocycles. The van der Waals surface area contributed by atoms with Gasteiger partial charge in [-0.2, -0.15) is 0 Å². The number of halogens is 1. The minimum Gasteiger partial charge on any atom is -0.383 e. The lowest BCUT2D eigenvalue weighted by Gasteiger charge is -2.41. The van der Waals surface area contributed by atoms with Gasteiger partial charge in [-0.1, -0.05) is 66.7 Å². The van der Waals surface area contributed by atoms with Crippen molar-refractivity contribution < 1.29 is 18.7 Å². The number of hydrogen-bond acceptors (Lipinski definition) is 3. The van der Waals surface area contributed by atoms with Crippen molar-refractivity contribution in [3.8, 4) is 0 Å². The molecule has 0 unspecified atom stereocenters. The smallest absolute Gasteiger partial charge is 0.254 e. The molecule has 164 valence electrons. The third-order valence-corrected chi connectivity index (χ3v) is 5.81. The van der Waals surface area contributed by atoms with E-state index in [1.165, 1.54) is 6.07 Å². The number of amides is 2. The molecule has 0 radical (unpaired) electrons. The van der Waals surface area contributed by atoms with Crippen LogP contribution in [0.5, 0.6) is 0 Å². The second-order valence-electron chi connectivity index (χ2n) is 7.72. The van der Waals surface area contributed by atoms with Gasteiger partial charge in [0.1, 0.15) is 5.82 Å². The molecule has 2 amide bonds. The zero-order valence-electron chi connectivity index (χ0n) is 17.8. The maximum absolute atomic E-state index is 14.1. The summed E-state index contributed by atoms with van der Waals surface area (Å²) in [4.78, 5) is 28.6.